The maximum atomic E-state index is 12.9. The Morgan fingerprint density at radius 2 is 2.44 bits per heavy atom. The molecule has 3 unspecified atom stereocenters. The molecule has 1 aliphatic carbocycles. The van der Waals surface area contributed by atoms with Crippen molar-refractivity contribution in [2.24, 2.45) is 5.92 Å². The molecule has 2 N–H and O–H groups in total. The van der Waals surface area contributed by atoms with Gasteiger partial charge >= 0.3 is 0 Å². The Morgan fingerprint density at radius 3 is 3.07 bits per heavy atom. The van der Waals surface area contributed by atoms with E-state index >= 15 is 0 Å². The molecule has 3 atom stereocenters. The number of aromatic nitrogens is 3. The number of oxazole rings is 1. The number of H-pyrrole nitrogens is 1. The summed E-state index contributed by atoms with van der Waals surface area (Å²) in [5.74, 6) is 1.24. The van der Waals surface area contributed by atoms with Gasteiger partial charge in [0.15, 0.2) is 11.6 Å². The number of allylic oxidation sites excluding steroid dienone is 1. The van der Waals surface area contributed by atoms with E-state index in [-0.39, 0.29) is 11.9 Å². The lowest BCUT2D eigenvalue weighted by molar-refractivity contribution is -0.0676. The van der Waals surface area contributed by atoms with Crippen LogP contribution in [0, 0.1) is 5.92 Å². The minimum Gasteiger partial charge on any atom is -0.449 e. The average Bonchev–Trinajstić information content (AvgIpc) is 3.29. The van der Waals surface area contributed by atoms with Gasteiger partial charge in [-0.2, -0.15) is 5.10 Å². The Balaban J connectivity index is 1.28. The first-order valence-electron chi connectivity index (χ1n) is 9.89. The second-order valence-corrected chi connectivity index (χ2v) is 7.88. The monoisotopic (exact) mass is 367 g/mol. The van der Waals surface area contributed by atoms with E-state index in [4.69, 9.17) is 4.42 Å². The molecule has 1 amide bonds. The maximum Gasteiger partial charge on any atom is 0.272 e. The van der Waals surface area contributed by atoms with Gasteiger partial charge in [-0.05, 0) is 37.7 Å². The molecule has 0 bridgehead atoms. The van der Waals surface area contributed by atoms with Gasteiger partial charge in [-0.25, -0.2) is 4.98 Å². The van der Waals surface area contributed by atoms with Crippen molar-refractivity contribution in [3.05, 3.63) is 41.4 Å². The molecule has 0 radical (unpaired) electrons. The first-order chi connectivity index (χ1) is 13.2. The van der Waals surface area contributed by atoms with E-state index in [0.29, 0.717) is 29.5 Å². The third-order valence-electron chi connectivity index (χ3n) is 6.77. The van der Waals surface area contributed by atoms with E-state index < -0.39 is 0 Å². The van der Waals surface area contributed by atoms with Crippen molar-refractivity contribution < 1.29 is 9.21 Å². The Morgan fingerprint density at radius 1 is 1.52 bits per heavy atom. The molecular weight excluding hydrogens is 342 g/mol. The summed E-state index contributed by atoms with van der Waals surface area (Å²) >= 11 is 0. The van der Waals surface area contributed by atoms with Crippen LogP contribution in [0.1, 0.15) is 53.8 Å². The molecule has 3 fully saturated rings. The van der Waals surface area contributed by atoms with Gasteiger partial charge in [-0.15, -0.1) is 0 Å². The second-order valence-electron chi connectivity index (χ2n) is 7.88. The number of rotatable bonds is 6. The first-order valence-corrected chi connectivity index (χ1v) is 9.89. The van der Waals surface area contributed by atoms with Crippen LogP contribution >= 0.6 is 0 Å². The van der Waals surface area contributed by atoms with Crippen molar-refractivity contribution >= 4 is 12.0 Å². The quantitative estimate of drug-likeness (QED) is 0.817. The summed E-state index contributed by atoms with van der Waals surface area (Å²) in [5, 5.41) is 10.6. The second kappa shape index (κ2) is 6.34. The molecule has 4 heterocycles. The van der Waals surface area contributed by atoms with E-state index in [1.165, 1.54) is 25.8 Å². The molecule has 2 aromatic rings. The van der Waals surface area contributed by atoms with Crippen LogP contribution in [0.2, 0.25) is 0 Å². The lowest BCUT2D eigenvalue weighted by Crippen LogP contribution is -2.64. The van der Waals surface area contributed by atoms with Crippen LogP contribution in [0.5, 0.6) is 0 Å². The lowest BCUT2D eigenvalue weighted by Gasteiger charge is -2.58. The third kappa shape index (κ3) is 2.56. The molecule has 142 valence electrons. The van der Waals surface area contributed by atoms with Crippen LogP contribution in [0.3, 0.4) is 0 Å². The van der Waals surface area contributed by atoms with Crippen LogP contribution in [-0.2, 0) is 12.8 Å². The van der Waals surface area contributed by atoms with E-state index in [9.17, 15) is 4.79 Å². The van der Waals surface area contributed by atoms with Gasteiger partial charge in [0.2, 0.25) is 0 Å². The van der Waals surface area contributed by atoms with Crippen molar-refractivity contribution in [3.8, 4) is 0 Å². The van der Waals surface area contributed by atoms with Gasteiger partial charge in [-0.3, -0.25) is 14.8 Å². The molecule has 1 spiro atoms. The van der Waals surface area contributed by atoms with Crippen LogP contribution in [0.4, 0.5) is 0 Å². The fourth-order valence-corrected chi connectivity index (χ4v) is 5.19. The highest BCUT2D eigenvalue weighted by molar-refractivity contribution is 5.94. The smallest absolute Gasteiger partial charge is 0.272 e. The zero-order valence-electron chi connectivity index (χ0n) is 15.6. The van der Waals surface area contributed by atoms with E-state index in [1.54, 1.807) is 12.5 Å². The maximum absolute atomic E-state index is 12.9. The van der Waals surface area contributed by atoms with Gasteiger partial charge in [-0.1, -0.05) is 13.0 Å². The molecule has 5 rings (SSSR count). The number of hydrogen-bond donors (Lipinski definition) is 2. The fraction of sp³-hybridized carbons (Fsp3) is 0.550. The summed E-state index contributed by atoms with van der Waals surface area (Å²) in [6.07, 6.45) is 12.3. The largest absolute Gasteiger partial charge is 0.449 e. The van der Waals surface area contributed by atoms with Crippen molar-refractivity contribution in [3.63, 3.8) is 0 Å². The molecule has 2 aromatic heterocycles. The number of amides is 1. The fourth-order valence-electron chi connectivity index (χ4n) is 5.19. The van der Waals surface area contributed by atoms with Gasteiger partial charge in [0.05, 0.1) is 11.9 Å². The predicted octanol–water partition coefficient (Wildman–Crippen LogP) is 2.18. The lowest BCUT2D eigenvalue weighted by atomic mass is 9.61. The van der Waals surface area contributed by atoms with Gasteiger partial charge < -0.3 is 9.73 Å². The summed E-state index contributed by atoms with van der Waals surface area (Å²) in [4.78, 5) is 19.6. The Hall–Kier alpha value is -2.41. The highest BCUT2D eigenvalue weighted by Gasteiger charge is 2.63. The van der Waals surface area contributed by atoms with E-state index in [2.05, 4.69) is 32.3 Å². The third-order valence-corrected chi connectivity index (χ3v) is 6.77. The van der Waals surface area contributed by atoms with Gasteiger partial charge in [0, 0.05) is 36.7 Å². The molecule has 1 saturated carbocycles. The van der Waals surface area contributed by atoms with Crippen molar-refractivity contribution in [2.45, 2.75) is 50.6 Å². The van der Waals surface area contributed by atoms with Crippen molar-refractivity contribution in [1.82, 2.24) is 25.4 Å². The summed E-state index contributed by atoms with van der Waals surface area (Å²) in [5.41, 5.74) is 2.78. The normalized spacial score (nSPS) is 29.2. The zero-order valence-corrected chi connectivity index (χ0v) is 15.6. The highest BCUT2D eigenvalue weighted by atomic mass is 16.3. The molecule has 3 aliphatic rings. The van der Waals surface area contributed by atoms with Crippen LogP contribution in [-0.4, -0.2) is 50.7 Å². The minimum atomic E-state index is -0.0509. The molecule has 7 heteroatoms. The SMILES string of the molecule is CCc1c(C(=O)NC2CN3CCC34CCC24)n[nH]c1/C=C\Cc1ncco1. The average molecular weight is 367 g/mol. The Labute approximate surface area is 158 Å². The van der Waals surface area contributed by atoms with E-state index in [0.717, 1.165) is 24.2 Å². The first kappa shape index (κ1) is 16.7. The molecule has 7 nitrogen and oxygen atoms in total. The number of carbonyl (C=O) groups excluding carboxylic acids is 1. The molecular formula is C20H25N5O2. The van der Waals surface area contributed by atoms with Crippen molar-refractivity contribution in [2.75, 3.05) is 13.1 Å². The predicted molar refractivity (Wildman–Crippen MR) is 100 cm³/mol. The van der Waals surface area contributed by atoms with Crippen LogP contribution < -0.4 is 5.32 Å². The molecule has 2 aliphatic heterocycles. The number of aromatic amines is 1. The molecule has 27 heavy (non-hydrogen) atoms. The minimum absolute atomic E-state index is 0.0509. The molecule has 2 saturated heterocycles. The Bertz CT molecular complexity index is 867. The van der Waals surface area contributed by atoms with Gasteiger partial charge in [0.1, 0.15) is 6.26 Å². The summed E-state index contributed by atoms with van der Waals surface area (Å²) < 4.78 is 5.24. The Kier molecular flexibility index (Phi) is 3.93. The molecule has 0 aromatic carbocycles. The number of nitrogens with one attached hydrogen (secondary N) is 2. The van der Waals surface area contributed by atoms with Crippen LogP contribution in [0.15, 0.2) is 23.0 Å². The standard InChI is InChI=1S/C20H25N5O2/c1-2-13-15(4-3-5-17-21-9-11-27-17)23-24-18(13)19(26)22-16-12-25-10-8-20(25)7-6-14(16)20/h3-4,9,11,14,16H,2,5-8,10,12H2,1H3,(H,22,26)(H,23,24)/b4-3-. The topological polar surface area (TPSA) is 87.0 Å². The number of nitrogens with zero attached hydrogens (tertiary/aromatic N) is 3. The zero-order chi connectivity index (χ0) is 18.4. The van der Waals surface area contributed by atoms with Crippen molar-refractivity contribution in [1.29, 1.82) is 0 Å². The van der Waals surface area contributed by atoms with E-state index in [1.807, 2.05) is 12.2 Å². The summed E-state index contributed by atoms with van der Waals surface area (Å²) in [7, 11) is 0. The van der Waals surface area contributed by atoms with Gasteiger partial charge in [0.25, 0.3) is 5.91 Å². The number of hydrogen-bond acceptors (Lipinski definition) is 5. The van der Waals surface area contributed by atoms with Crippen LogP contribution in [0.25, 0.3) is 6.08 Å². The number of carbonyl (C=O) groups is 1. The summed E-state index contributed by atoms with van der Waals surface area (Å²) in [6.45, 7) is 4.23. The summed E-state index contributed by atoms with van der Waals surface area (Å²) in [6, 6.07) is 0.263. The highest BCUT2D eigenvalue weighted by Crippen LogP contribution is 2.57.